The quantitative estimate of drug-likeness (QED) is 0.778. The van der Waals surface area contributed by atoms with Crippen molar-refractivity contribution in [2.24, 2.45) is 0 Å². The lowest BCUT2D eigenvalue weighted by Gasteiger charge is -2.36. The Bertz CT molecular complexity index is 784. The molecule has 3 rings (SSSR count). The summed E-state index contributed by atoms with van der Waals surface area (Å²) in [4.78, 5) is 16.6. The first kappa shape index (κ1) is 19.9. The molecule has 1 N–H and O–H groups in total. The highest BCUT2D eigenvalue weighted by Crippen LogP contribution is 2.22. The summed E-state index contributed by atoms with van der Waals surface area (Å²) in [6.45, 7) is 8.29. The summed E-state index contributed by atoms with van der Waals surface area (Å²) < 4.78 is 10.8. The third kappa shape index (κ3) is 5.09. The number of ether oxygens (including phenoxy) is 2. The smallest absolute Gasteiger partial charge is 0.317 e. The van der Waals surface area contributed by atoms with Gasteiger partial charge in [-0.25, -0.2) is 4.79 Å². The average molecular weight is 383 g/mol. The molecule has 28 heavy (non-hydrogen) atoms. The number of carbonyl (C=O) groups is 1. The molecule has 0 aromatic heterocycles. The number of nitrogens with zero attached hydrogens (tertiary/aromatic N) is 2. The Labute approximate surface area is 167 Å². The molecule has 1 aliphatic heterocycles. The summed E-state index contributed by atoms with van der Waals surface area (Å²) in [5.74, 6) is 1.55. The molecule has 1 heterocycles. The van der Waals surface area contributed by atoms with Gasteiger partial charge in [-0.1, -0.05) is 17.7 Å². The van der Waals surface area contributed by atoms with Crippen molar-refractivity contribution in [3.05, 3.63) is 53.6 Å². The minimum atomic E-state index is -0.0291. The third-order valence-corrected chi connectivity index (χ3v) is 4.97. The molecule has 6 heteroatoms. The number of anilines is 1. The van der Waals surface area contributed by atoms with Gasteiger partial charge in [0.25, 0.3) is 0 Å². The van der Waals surface area contributed by atoms with E-state index in [0.29, 0.717) is 13.2 Å². The number of carbonyl (C=O) groups excluding carboxylic acids is 1. The van der Waals surface area contributed by atoms with Crippen molar-refractivity contribution in [2.75, 3.05) is 51.3 Å². The molecule has 0 unspecified atom stereocenters. The Kier molecular flexibility index (Phi) is 6.63. The fourth-order valence-corrected chi connectivity index (χ4v) is 3.42. The predicted molar refractivity (Wildman–Crippen MR) is 112 cm³/mol. The molecule has 2 amide bonds. The molecule has 2 aromatic carbocycles. The van der Waals surface area contributed by atoms with Gasteiger partial charge in [0.2, 0.25) is 0 Å². The van der Waals surface area contributed by atoms with Crippen molar-refractivity contribution in [3.8, 4) is 11.5 Å². The van der Waals surface area contributed by atoms with Gasteiger partial charge in [-0.05, 0) is 49.7 Å². The third-order valence-electron chi connectivity index (χ3n) is 4.97. The van der Waals surface area contributed by atoms with Crippen LogP contribution in [0.1, 0.15) is 11.1 Å². The standard InChI is InChI=1S/C22H29N3O3/c1-17-4-9-21(18(2)16-17)24-11-13-25(14-12-24)22(26)23-10-15-28-20-7-5-19(27-3)6-8-20/h4-9,16H,10-15H2,1-3H3,(H,23,26). The topological polar surface area (TPSA) is 54.0 Å². The average Bonchev–Trinajstić information content (AvgIpc) is 2.72. The highest BCUT2D eigenvalue weighted by Gasteiger charge is 2.21. The van der Waals surface area contributed by atoms with Crippen LogP contribution in [0.5, 0.6) is 11.5 Å². The van der Waals surface area contributed by atoms with Gasteiger partial charge in [-0.2, -0.15) is 0 Å². The Balaban J connectivity index is 1.39. The molecule has 6 nitrogen and oxygen atoms in total. The molecule has 1 aliphatic rings. The summed E-state index contributed by atoms with van der Waals surface area (Å²) in [5, 5.41) is 2.94. The van der Waals surface area contributed by atoms with E-state index in [-0.39, 0.29) is 6.03 Å². The number of benzene rings is 2. The van der Waals surface area contributed by atoms with Crippen molar-refractivity contribution in [1.82, 2.24) is 10.2 Å². The maximum absolute atomic E-state index is 12.4. The Morgan fingerprint density at radius 3 is 2.32 bits per heavy atom. The molecule has 1 saturated heterocycles. The van der Waals surface area contributed by atoms with Gasteiger partial charge in [0.15, 0.2) is 0 Å². The van der Waals surface area contributed by atoms with Gasteiger partial charge < -0.3 is 24.6 Å². The molecule has 0 bridgehead atoms. The van der Waals surface area contributed by atoms with Crippen molar-refractivity contribution in [3.63, 3.8) is 0 Å². The van der Waals surface area contributed by atoms with Crippen LogP contribution in [0.15, 0.2) is 42.5 Å². The molecule has 150 valence electrons. The van der Waals surface area contributed by atoms with E-state index in [9.17, 15) is 4.79 Å². The minimum Gasteiger partial charge on any atom is -0.497 e. The van der Waals surface area contributed by atoms with Gasteiger partial charge in [0, 0.05) is 31.9 Å². The maximum atomic E-state index is 12.4. The second kappa shape index (κ2) is 9.35. The molecular formula is C22H29N3O3. The van der Waals surface area contributed by atoms with Crippen LogP contribution in [0.3, 0.4) is 0 Å². The van der Waals surface area contributed by atoms with E-state index in [1.165, 1.54) is 16.8 Å². The van der Waals surface area contributed by atoms with Crippen LogP contribution < -0.4 is 19.7 Å². The molecule has 0 aliphatic carbocycles. The summed E-state index contributed by atoms with van der Waals surface area (Å²) in [6, 6.07) is 13.9. The van der Waals surface area contributed by atoms with Crippen LogP contribution >= 0.6 is 0 Å². The van der Waals surface area contributed by atoms with Crippen molar-refractivity contribution in [2.45, 2.75) is 13.8 Å². The lowest BCUT2D eigenvalue weighted by Crippen LogP contribution is -2.52. The fourth-order valence-electron chi connectivity index (χ4n) is 3.42. The van der Waals surface area contributed by atoms with Crippen LogP contribution in [0.25, 0.3) is 0 Å². The van der Waals surface area contributed by atoms with E-state index in [4.69, 9.17) is 9.47 Å². The number of urea groups is 1. The predicted octanol–water partition coefficient (Wildman–Crippen LogP) is 3.22. The number of aryl methyl sites for hydroxylation is 2. The maximum Gasteiger partial charge on any atom is 0.317 e. The molecule has 0 spiro atoms. The number of rotatable bonds is 6. The lowest BCUT2D eigenvalue weighted by atomic mass is 10.1. The van der Waals surface area contributed by atoms with E-state index in [2.05, 4.69) is 42.3 Å². The number of hydrogen-bond donors (Lipinski definition) is 1. The first-order chi connectivity index (χ1) is 13.6. The Hall–Kier alpha value is -2.89. The molecular weight excluding hydrogens is 354 g/mol. The molecule has 0 radical (unpaired) electrons. The van der Waals surface area contributed by atoms with Crippen molar-refractivity contribution >= 4 is 11.7 Å². The minimum absolute atomic E-state index is 0.0291. The summed E-state index contributed by atoms with van der Waals surface area (Å²) in [5.41, 5.74) is 3.82. The summed E-state index contributed by atoms with van der Waals surface area (Å²) >= 11 is 0. The lowest BCUT2D eigenvalue weighted by molar-refractivity contribution is 0.191. The summed E-state index contributed by atoms with van der Waals surface area (Å²) in [7, 11) is 1.63. The second-order valence-electron chi connectivity index (χ2n) is 7.02. The Morgan fingerprint density at radius 1 is 1.00 bits per heavy atom. The Morgan fingerprint density at radius 2 is 1.68 bits per heavy atom. The second-order valence-corrected chi connectivity index (χ2v) is 7.02. The van der Waals surface area contributed by atoms with Gasteiger partial charge in [0.05, 0.1) is 13.7 Å². The first-order valence-electron chi connectivity index (χ1n) is 9.68. The van der Waals surface area contributed by atoms with Crippen LogP contribution in [0.2, 0.25) is 0 Å². The van der Waals surface area contributed by atoms with Crippen molar-refractivity contribution < 1.29 is 14.3 Å². The van der Waals surface area contributed by atoms with E-state index >= 15 is 0 Å². The first-order valence-corrected chi connectivity index (χ1v) is 9.68. The van der Waals surface area contributed by atoms with Crippen molar-refractivity contribution in [1.29, 1.82) is 0 Å². The van der Waals surface area contributed by atoms with Crippen LogP contribution in [0.4, 0.5) is 10.5 Å². The molecule has 0 atom stereocenters. The number of nitrogens with one attached hydrogen (secondary N) is 1. The van der Waals surface area contributed by atoms with Gasteiger partial charge in [-0.3, -0.25) is 0 Å². The van der Waals surface area contributed by atoms with Gasteiger partial charge >= 0.3 is 6.03 Å². The van der Waals surface area contributed by atoms with Gasteiger partial charge in [0.1, 0.15) is 18.1 Å². The van der Waals surface area contributed by atoms with Gasteiger partial charge in [-0.15, -0.1) is 0 Å². The number of piperazine rings is 1. The monoisotopic (exact) mass is 383 g/mol. The molecule has 2 aromatic rings. The number of hydrogen-bond acceptors (Lipinski definition) is 4. The zero-order valence-electron chi connectivity index (χ0n) is 16.9. The zero-order valence-corrected chi connectivity index (χ0v) is 16.9. The zero-order chi connectivity index (χ0) is 19.9. The highest BCUT2D eigenvalue weighted by atomic mass is 16.5. The number of methoxy groups -OCH3 is 1. The van der Waals surface area contributed by atoms with Crippen LogP contribution in [-0.4, -0.2) is 57.4 Å². The van der Waals surface area contributed by atoms with E-state index in [1.807, 2.05) is 29.2 Å². The summed E-state index contributed by atoms with van der Waals surface area (Å²) in [6.07, 6.45) is 0. The molecule has 0 saturated carbocycles. The normalized spacial score (nSPS) is 14.0. The highest BCUT2D eigenvalue weighted by molar-refractivity contribution is 5.74. The molecule has 1 fully saturated rings. The van der Waals surface area contributed by atoms with Crippen LogP contribution in [-0.2, 0) is 0 Å². The van der Waals surface area contributed by atoms with E-state index in [1.54, 1.807) is 7.11 Å². The van der Waals surface area contributed by atoms with E-state index in [0.717, 1.165) is 37.7 Å². The largest absolute Gasteiger partial charge is 0.497 e. The SMILES string of the molecule is COc1ccc(OCCNC(=O)N2CCN(c3ccc(C)cc3C)CC2)cc1. The van der Waals surface area contributed by atoms with E-state index < -0.39 is 0 Å². The number of amides is 2. The van der Waals surface area contributed by atoms with Crippen LogP contribution in [0, 0.1) is 13.8 Å². The fraction of sp³-hybridized carbons (Fsp3) is 0.409.